The van der Waals surface area contributed by atoms with Gasteiger partial charge in [-0.2, -0.15) is 0 Å². The summed E-state index contributed by atoms with van der Waals surface area (Å²) in [6, 6.07) is 10.6. The summed E-state index contributed by atoms with van der Waals surface area (Å²) in [5.74, 6) is 1.01. The lowest BCUT2D eigenvalue weighted by Gasteiger charge is -2.31. The summed E-state index contributed by atoms with van der Waals surface area (Å²) < 4.78 is 2.16. The van der Waals surface area contributed by atoms with E-state index in [9.17, 15) is 0 Å². The number of nitrogens with two attached hydrogens (primary N) is 1. The summed E-state index contributed by atoms with van der Waals surface area (Å²) in [6.45, 7) is 3.97. The lowest BCUT2D eigenvalue weighted by Crippen LogP contribution is -2.43. The minimum absolute atomic E-state index is 0.259. The average Bonchev–Trinajstić information content (AvgIpc) is 2.82. The van der Waals surface area contributed by atoms with Crippen molar-refractivity contribution in [2.24, 2.45) is 5.73 Å². The molecule has 100 valence electrons. The van der Waals surface area contributed by atoms with Gasteiger partial charge in [0.05, 0.1) is 5.69 Å². The molecule has 4 heteroatoms. The number of anilines is 1. The Kier molecular flexibility index (Phi) is 3.25. The first-order chi connectivity index (χ1) is 9.24. The molecule has 1 fully saturated rings. The Morgan fingerprint density at radius 1 is 1.26 bits per heavy atom. The largest absolute Gasteiger partial charge is 0.340 e. The number of rotatable bonds is 2. The summed E-state index contributed by atoms with van der Waals surface area (Å²) >= 11 is 0. The first-order valence-corrected chi connectivity index (χ1v) is 6.86. The molecular formula is C15H20N4. The van der Waals surface area contributed by atoms with Gasteiger partial charge < -0.3 is 10.6 Å². The van der Waals surface area contributed by atoms with Gasteiger partial charge in [-0.05, 0) is 31.9 Å². The molecule has 2 heterocycles. The highest BCUT2D eigenvalue weighted by Gasteiger charge is 2.21. The highest BCUT2D eigenvalue weighted by Crippen LogP contribution is 2.22. The Balaban J connectivity index is 1.97. The summed E-state index contributed by atoms with van der Waals surface area (Å²) in [5, 5.41) is 0. The lowest BCUT2D eigenvalue weighted by molar-refractivity contribution is 0.498. The number of benzene rings is 1. The average molecular weight is 256 g/mol. The molecule has 2 aromatic rings. The van der Waals surface area contributed by atoms with E-state index in [0.29, 0.717) is 0 Å². The smallest absolute Gasteiger partial charge is 0.210 e. The third-order valence-electron chi connectivity index (χ3n) is 3.58. The molecule has 0 unspecified atom stereocenters. The van der Waals surface area contributed by atoms with Crippen LogP contribution in [-0.4, -0.2) is 28.7 Å². The predicted molar refractivity (Wildman–Crippen MR) is 77.7 cm³/mol. The van der Waals surface area contributed by atoms with Crippen molar-refractivity contribution in [1.82, 2.24) is 9.55 Å². The van der Waals surface area contributed by atoms with Crippen LogP contribution in [0, 0.1) is 6.92 Å². The van der Waals surface area contributed by atoms with E-state index in [-0.39, 0.29) is 6.04 Å². The third-order valence-corrected chi connectivity index (χ3v) is 3.58. The lowest BCUT2D eigenvalue weighted by atomic mass is 10.1. The van der Waals surface area contributed by atoms with Crippen LogP contribution in [-0.2, 0) is 0 Å². The van der Waals surface area contributed by atoms with Crippen molar-refractivity contribution in [3.63, 3.8) is 0 Å². The van der Waals surface area contributed by atoms with E-state index in [0.717, 1.165) is 43.3 Å². The van der Waals surface area contributed by atoms with Crippen LogP contribution < -0.4 is 10.6 Å². The number of aryl methyl sites for hydroxylation is 1. The standard InChI is InChI=1S/C15H20N4/c1-12-10-19(14-7-3-2-4-8-14)15(17-12)18-9-5-6-13(16)11-18/h2-4,7-8,10,13H,5-6,9,11,16H2,1H3/t13-/m1/s1. The van der Waals surface area contributed by atoms with Crippen LogP contribution in [0.3, 0.4) is 0 Å². The Hall–Kier alpha value is -1.81. The van der Waals surface area contributed by atoms with Crippen LogP contribution in [0.2, 0.25) is 0 Å². The number of imidazole rings is 1. The molecule has 3 rings (SSSR count). The SMILES string of the molecule is Cc1cn(-c2ccccc2)c(N2CCC[C@@H](N)C2)n1. The molecule has 4 nitrogen and oxygen atoms in total. The van der Waals surface area contributed by atoms with Crippen molar-refractivity contribution in [3.05, 3.63) is 42.2 Å². The molecule has 1 aromatic heterocycles. The van der Waals surface area contributed by atoms with Crippen molar-refractivity contribution < 1.29 is 0 Å². The van der Waals surface area contributed by atoms with Gasteiger partial charge in [0, 0.05) is 31.0 Å². The normalized spacial score (nSPS) is 19.7. The second-order valence-corrected chi connectivity index (χ2v) is 5.24. The van der Waals surface area contributed by atoms with E-state index >= 15 is 0 Å². The first kappa shape index (κ1) is 12.2. The highest BCUT2D eigenvalue weighted by atomic mass is 15.3. The van der Waals surface area contributed by atoms with Crippen molar-refractivity contribution in [2.75, 3.05) is 18.0 Å². The number of nitrogens with zero attached hydrogens (tertiary/aromatic N) is 3. The topological polar surface area (TPSA) is 47.1 Å². The first-order valence-electron chi connectivity index (χ1n) is 6.86. The molecule has 1 aromatic carbocycles. The zero-order valence-electron chi connectivity index (χ0n) is 11.3. The minimum atomic E-state index is 0.259. The fourth-order valence-electron chi connectivity index (χ4n) is 2.68. The van der Waals surface area contributed by atoms with Crippen molar-refractivity contribution in [3.8, 4) is 5.69 Å². The number of piperidine rings is 1. The quantitative estimate of drug-likeness (QED) is 0.895. The molecule has 0 spiro atoms. The minimum Gasteiger partial charge on any atom is -0.340 e. The molecule has 0 amide bonds. The zero-order chi connectivity index (χ0) is 13.2. The van der Waals surface area contributed by atoms with Gasteiger partial charge in [0.2, 0.25) is 5.95 Å². The van der Waals surface area contributed by atoms with Gasteiger partial charge in [-0.15, -0.1) is 0 Å². The van der Waals surface area contributed by atoms with Gasteiger partial charge in [0.25, 0.3) is 0 Å². The zero-order valence-corrected chi connectivity index (χ0v) is 11.3. The number of aromatic nitrogens is 2. The number of para-hydroxylation sites is 1. The van der Waals surface area contributed by atoms with Gasteiger partial charge >= 0.3 is 0 Å². The fraction of sp³-hybridized carbons (Fsp3) is 0.400. The molecule has 19 heavy (non-hydrogen) atoms. The predicted octanol–water partition coefficient (Wildman–Crippen LogP) is 2.11. The molecule has 1 saturated heterocycles. The van der Waals surface area contributed by atoms with Crippen molar-refractivity contribution >= 4 is 5.95 Å². The monoisotopic (exact) mass is 256 g/mol. The third kappa shape index (κ3) is 2.49. The maximum atomic E-state index is 6.08. The van der Waals surface area contributed by atoms with Crippen LogP contribution in [0.25, 0.3) is 5.69 Å². The van der Waals surface area contributed by atoms with Crippen LogP contribution in [0.4, 0.5) is 5.95 Å². The number of hydrogen-bond donors (Lipinski definition) is 1. The molecule has 2 N–H and O–H groups in total. The van der Waals surface area contributed by atoms with Crippen LogP contribution >= 0.6 is 0 Å². The molecule has 1 aliphatic heterocycles. The molecule has 0 radical (unpaired) electrons. The van der Waals surface area contributed by atoms with E-state index in [1.165, 1.54) is 0 Å². The van der Waals surface area contributed by atoms with Gasteiger partial charge in [-0.25, -0.2) is 4.98 Å². The van der Waals surface area contributed by atoms with Gasteiger partial charge in [0.15, 0.2) is 0 Å². The summed E-state index contributed by atoms with van der Waals surface area (Å²) in [6.07, 6.45) is 4.34. The fourth-order valence-corrected chi connectivity index (χ4v) is 2.68. The molecule has 1 atom stereocenters. The Labute approximate surface area is 113 Å². The van der Waals surface area contributed by atoms with E-state index in [1.54, 1.807) is 0 Å². The second kappa shape index (κ2) is 5.05. The molecule has 0 aliphatic carbocycles. The Morgan fingerprint density at radius 3 is 2.79 bits per heavy atom. The van der Waals surface area contributed by atoms with Crippen molar-refractivity contribution in [1.29, 1.82) is 0 Å². The molecule has 0 bridgehead atoms. The molecule has 0 saturated carbocycles. The van der Waals surface area contributed by atoms with Crippen LogP contribution in [0.5, 0.6) is 0 Å². The van der Waals surface area contributed by atoms with E-state index in [1.807, 2.05) is 13.0 Å². The summed E-state index contributed by atoms with van der Waals surface area (Å²) in [4.78, 5) is 6.98. The van der Waals surface area contributed by atoms with Crippen molar-refractivity contribution in [2.45, 2.75) is 25.8 Å². The maximum Gasteiger partial charge on any atom is 0.210 e. The summed E-state index contributed by atoms with van der Waals surface area (Å²) in [5.41, 5.74) is 8.27. The van der Waals surface area contributed by atoms with Crippen LogP contribution in [0.15, 0.2) is 36.5 Å². The Morgan fingerprint density at radius 2 is 2.05 bits per heavy atom. The Bertz CT molecular complexity index is 547. The van der Waals surface area contributed by atoms with Gasteiger partial charge in [0.1, 0.15) is 0 Å². The van der Waals surface area contributed by atoms with E-state index in [2.05, 4.69) is 44.9 Å². The number of hydrogen-bond acceptors (Lipinski definition) is 3. The highest BCUT2D eigenvalue weighted by molar-refractivity contribution is 5.45. The van der Waals surface area contributed by atoms with Gasteiger partial charge in [-0.3, -0.25) is 4.57 Å². The van der Waals surface area contributed by atoms with Crippen LogP contribution in [0.1, 0.15) is 18.5 Å². The molecule has 1 aliphatic rings. The second-order valence-electron chi connectivity index (χ2n) is 5.24. The maximum absolute atomic E-state index is 6.08. The van der Waals surface area contributed by atoms with Gasteiger partial charge in [-0.1, -0.05) is 18.2 Å². The van der Waals surface area contributed by atoms with E-state index in [4.69, 9.17) is 5.73 Å². The summed E-state index contributed by atoms with van der Waals surface area (Å²) in [7, 11) is 0. The van der Waals surface area contributed by atoms with E-state index < -0.39 is 0 Å². The molecular weight excluding hydrogens is 236 g/mol.